The first-order valence-electron chi connectivity index (χ1n) is 12.8. The van der Waals surface area contributed by atoms with Crippen molar-refractivity contribution in [3.63, 3.8) is 0 Å². The number of halogens is 1. The van der Waals surface area contributed by atoms with Gasteiger partial charge in [0, 0.05) is 46.6 Å². The number of rotatable bonds is 9. The molecule has 35 heavy (non-hydrogen) atoms. The summed E-state index contributed by atoms with van der Waals surface area (Å²) in [5.41, 5.74) is 3.02. The molecule has 2 aliphatic rings. The van der Waals surface area contributed by atoms with Crippen molar-refractivity contribution in [2.45, 2.75) is 58.0 Å². The Balaban J connectivity index is 1.51. The minimum atomic E-state index is -1.07. The molecule has 0 saturated carbocycles. The number of carbonyl (C=O) groups is 1. The maximum atomic E-state index is 13.0. The van der Waals surface area contributed by atoms with Crippen molar-refractivity contribution >= 4 is 23.3 Å². The number of ether oxygens (including phenoxy) is 2. The van der Waals surface area contributed by atoms with Crippen molar-refractivity contribution in [1.29, 1.82) is 0 Å². The van der Waals surface area contributed by atoms with Gasteiger partial charge in [0.15, 0.2) is 5.60 Å². The van der Waals surface area contributed by atoms with Crippen LogP contribution in [0.4, 0.5) is 5.69 Å². The monoisotopic (exact) mass is 489 g/mol. The number of unbranched alkanes of at least 4 members (excludes halogenated alkanes) is 5. The van der Waals surface area contributed by atoms with Gasteiger partial charge < -0.3 is 14.4 Å². The van der Waals surface area contributed by atoms with E-state index in [9.17, 15) is 4.79 Å². The van der Waals surface area contributed by atoms with Crippen LogP contribution in [0.1, 0.15) is 79.4 Å². The number of anilines is 1. The normalized spacial score (nSPS) is 17.4. The van der Waals surface area contributed by atoms with Gasteiger partial charge in [0.2, 0.25) is 0 Å². The van der Waals surface area contributed by atoms with Gasteiger partial charge in [-0.1, -0.05) is 68.8 Å². The first-order chi connectivity index (χ1) is 17.1. The van der Waals surface area contributed by atoms with Crippen molar-refractivity contribution in [3.05, 3.63) is 87.9 Å². The molecule has 2 aliphatic heterocycles. The Morgan fingerprint density at radius 2 is 1.63 bits per heavy atom. The van der Waals surface area contributed by atoms with E-state index in [2.05, 4.69) is 30.9 Å². The molecule has 2 heterocycles. The van der Waals surface area contributed by atoms with Gasteiger partial charge in [0.05, 0.1) is 5.56 Å². The Bertz CT molecular complexity index is 1240. The third-order valence-corrected chi connectivity index (χ3v) is 7.42. The lowest BCUT2D eigenvalue weighted by molar-refractivity contribution is 0.0224. The van der Waals surface area contributed by atoms with E-state index in [1.807, 2.05) is 48.5 Å². The highest BCUT2D eigenvalue weighted by Gasteiger charge is 2.53. The molecule has 0 fully saturated rings. The Labute approximate surface area is 212 Å². The Kier molecular flexibility index (Phi) is 6.75. The number of esters is 1. The summed E-state index contributed by atoms with van der Waals surface area (Å²) in [6.07, 6.45) is 7.63. The summed E-state index contributed by atoms with van der Waals surface area (Å²) in [7, 11) is 0. The highest BCUT2D eigenvalue weighted by molar-refractivity contribution is 6.30. The Morgan fingerprint density at radius 1 is 0.829 bits per heavy atom. The fourth-order valence-corrected chi connectivity index (χ4v) is 5.56. The summed E-state index contributed by atoms with van der Waals surface area (Å²) in [6, 6.07) is 19.4. The second-order valence-corrected chi connectivity index (χ2v) is 9.82. The van der Waals surface area contributed by atoms with Gasteiger partial charge in [-0.2, -0.15) is 0 Å². The average Bonchev–Trinajstić information content (AvgIpc) is 3.17. The van der Waals surface area contributed by atoms with Crippen molar-refractivity contribution in [1.82, 2.24) is 0 Å². The topological polar surface area (TPSA) is 38.8 Å². The summed E-state index contributed by atoms with van der Waals surface area (Å²) in [5, 5.41) is 0.573. The minimum Gasteiger partial charge on any atom is -0.456 e. The van der Waals surface area contributed by atoms with Crippen LogP contribution in [0.2, 0.25) is 5.02 Å². The molecule has 0 amide bonds. The van der Waals surface area contributed by atoms with Crippen molar-refractivity contribution < 1.29 is 14.3 Å². The van der Waals surface area contributed by atoms with E-state index < -0.39 is 5.60 Å². The minimum absolute atomic E-state index is 0.332. The molecule has 4 nitrogen and oxygen atoms in total. The molecule has 1 atom stereocenters. The van der Waals surface area contributed by atoms with E-state index in [1.54, 1.807) is 0 Å². The van der Waals surface area contributed by atoms with E-state index in [4.69, 9.17) is 21.1 Å². The fraction of sp³-hybridized carbons (Fsp3) is 0.367. The van der Waals surface area contributed by atoms with Crippen molar-refractivity contribution in [2.75, 3.05) is 18.0 Å². The van der Waals surface area contributed by atoms with E-state index >= 15 is 0 Å². The van der Waals surface area contributed by atoms with E-state index in [0.717, 1.165) is 35.5 Å². The lowest BCUT2D eigenvalue weighted by Gasteiger charge is -2.37. The number of fused-ring (bicyclic) bond motifs is 6. The summed E-state index contributed by atoms with van der Waals surface area (Å²) in [4.78, 5) is 15.4. The quantitative estimate of drug-likeness (QED) is 0.225. The number of benzene rings is 3. The van der Waals surface area contributed by atoms with Crippen molar-refractivity contribution in [2.24, 2.45) is 0 Å². The van der Waals surface area contributed by atoms with Crippen LogP contribution in [-0.2, 0) is 10.3 Å². The van der Waals surface area contributed by atoms with E-state index in [1.165, 1.54) is 38.5 Å². The second kappa shape index (κ2) is 9.94. The van der Waals surface area contributed by atoms with E-state index in [-0.39, 0.29) is 5.97 Å². The Hall–Kier alpha value is -2.98. The third kappa shape index (κ3) is 4.18. The predicted molar refractivity (Wildman–Crippen MR) is 141 cm³/mol. The van der Waals surface area contributed by atoms with Gasteiger partial charge in [-0.05, 0) is 49.7 Å². The van der Waals surface area contributed by atoms with Crippen LogP contribution in [0, 0.1) is 0 Å². The number of hydrogen-bond donors (Lipinski definition) is 0. The first kappa shape index (κ1) is 23.7. The molecule has 5 rings (SSSR count). The molecule has 0 bridgehead atoms. The first-order valence-corrected chi connectivity index (χ1v) is 13.2. The van der Waals surface area contributed by atoms with Gasteiger partial charge in [-0.25, -0.2) is 4.79 Å². The lowest BCUT2D eigenvalue weighted by Crippen LogP contribution is -2.33. The Morgan fingerprint density at radius 3 is 2.46 bits per heavy atom. The number of nitrogens with zero attached hydrogens (tertiary/aromatic N) is 1. The standard InChI is InChI=1S/C30H32ClNO3/c1-3-5-6-7-8-11-18-32(4-2)22-15-16-25-28(20-22)34-27-17-14-21(31)19-26(27)30(25)24-13-10-9-12-23(24)29(33)35-30/h9-10,12-17,19-20H,3-8,11,18H2,1-2H3. The molecule has 0 aromatic heterocycles. The zero-order valence-electron chi connectivity index (χ0n) is 20.5. The molecule has 1 spiro atoms. The summed E-state index contributed by atoms with van der Waals surface area (Å²) < 4.78 is 12.6. The second-order valence-electron chi connectivity index (χ2n) is 9.39. The van der Waals surface area contributed by atoms with Crippen LogP contribution >= 0.6 is 11.6 Å². The molecule has 3 aromatic carbocycles. The molecule has 3 aromatic rings. The van der Waals surface area contributed by atoms with Gasteiger partial charge in [-0.3, -0.25) is 0 Å². The largest absolute Gasteiger partial charge is 0.456 e. The molecular formula is C30H32ClNO3. The van der Waals surface area contributed by atoms with Gasteiger partial charge in [0.1, 0.15) is 11.5 Å². The molecule has 0 saturated heterocycles. The molecule has 1 unspecified atom stereocenters. The molecular weight excluding hydrogens is 458 g/mol. The molecule has 0 aliphatic carbocycles. The number of carbonyl (C=O) groups excluding carboxylic acids is 1. The third-order valence-electron chi connectivity index (χ3n) is 7.19. The highest BCUT2D eigenvalue weighted by atomic mass is 35.5. The van der Waals surface area contributed by atoms with E-state index in [0.29, 0.717) is 22.1 Å². The number of hydrogen-bond acceptors (Lipinski definition) is 4. The maximum Gasteiger partial charge on any atom is 0.340 e. The molecule has 0 radical (unpaired) electrons. The van der Waals surface area contributed by atoms with Gasteiger partial charge in [0.25, 0.3) is 0 Å². The lowest BCUT2D eigenvalue weighted by atomic mass is 9.77. The molecule has 0 N–H and O–H groups in total. The summed E-state index contributed by atoms with van der Waals surface area (Å²) >= 11 is 6.40. The average molecular weight is 490 g/mol. The summed E-state index contributed by atoms with van der Waals surface area (Å²) in [6.45, 7) is 6.36. The van der Waals surface area contributed by atoms with Crippen molar-refractivity contribution in [3.8, 4) is 11.5 Å². The molecule has 182 valence electrons. The van der Waals surface area contributed by atoms with Gasteiger partial charge in [-0.15, -0.1) is 0 Å². The van der Waals surface area contributed by atoms with Crippen LogP contribution < -0.4 is 9.64 Å². The fourth-order valence-electron chi connectivity index (χ4n) is 5.38. The zero-order chi connectivity index (χ0) is 24.4. The van der Waals surface area contributed by atoms with Crippen LogP contribution in [0.15, 0.2) is 60.7 Å². The zero-order valence-corrected chi connectivity index (χ0v) is 21.2. The predicted octanol–water partition coefficient (Wildman–Crippen LogP) is 8.09. The highest BCUT2D eigenvalue weighted by Crippen LogP contribution is 2.56. The summed E-state index contributed by atoms with van der Waals surface area (Å²) in [5.74, 6) is 1.03. The van der Waals surface area contributed by atoms with Crippen LogP contribution in [0.3, 0.4) is 0 Å². The maximum absolute atomic E-state index is 13.0. The van der Waals surface area contributed by atoms with Crippen LogP contribution in [-0.4, -0.2) is 19.1 Å². The SMILES string of the molecule is CCCCCCCCN(CC)c1ccc2c(c1)Oc1ccc(Cl)cc1C21OC(=O)c2ccccc21. The molecule has 5 heteroatoms. The van der Waals surface area contributed by atoms with Crippen LogP contribution in [0.5, 0.6) is 11.5 Å². The van der Waals surface area contributed by atoms with Gasteiger partial charge >= 0.3 is 5.97 Å². The van der Waals surface area contributed by atoms with Crippen LogP contribution in [0.25, 0.3) is 0 Å². The smallest absolute Gasteiger partial charge is 0.340 e.